The summed E-state index contributed by atoms with van der Waals surface area (Å²) in [6.07, 6.45) is 3.33. The number of amides is 2. The minimum atomic E-state index is -1.03. The van der Waals surface area contributed by atoms with Crippen LogP contribution in [-0.4, -0.2) is 58.3 Å². The van der Waals surface area contributed by atoms with Crippen LogP contribution in [0.4, 0.5) is 0 Å². The molecule has 0 aromatic heterocycles. The van der Waals surface area contributed by atoms with Crippen LogP contribution in [0.1, 0.15) is 32.6 Å². The van der Waals surface area contributed by atoms with Crippen LogP contribution in [0.25, 0.3) is 0 Å². The smallest absolute Gasteiger partial charge is 0.243 e. The number of carbonyl (C=O) groups excluding carboxylic acids is 2. The lowest BCUT2D eigenvalue weighted by atomic mass is 10.0. The van der Waals surface area contributed by atoms with Gasteiger partial charge in [0.25, 0.3) is 0 Å². The van der Waals surface area contributed by atoms with Gasteiger partial charge in [-0.1, -0.05) is 0 Å². The van der Waals surface area contributed by atoms with E-state index in [1.54, 1.807) is 11.8 Å². The second-order valence-electron chi connectivity index (χ2n) is 5.83. The summed E-state index contributed by atoms with van der Waals surface area (Å²) in [5, 5.41) is 21.0. The van der Waals surface area contributed by atoms with Gasteiger partial charge in [0, 0.05) is 12.5 Å². The van der Waals surface area contributed by atoms with E-state index in [2.05, 4.69) is 5.32 Å². The van der Waals surface area contributed by atoms with Crippen molar-refractivity contribution in [1.82, 2.24) is 10.2 Å². The SMILES string of the molecule is CC(CO)(CO)NC(=O)C1CCCN1C(=O)C1CC1. The standard InChI is InChI=1S/C13H22N2O4/c1-13(7-16,8-17)14-11(18)10-3-2-6-15(10)12(19)9-4-5-9/h9-10,16-17H,2-8H2,1H3,(H,14,18). The lowest BCUT2D eigenvalue weighted by Crippen LogP contribution is -2.57. The zero-order valence-electron chi connectivity index (χ0n) is 11.3. The fourth-order valence-corrected chi connectivity index (χ4v) is 2.38. The normalized spacial score (nSPS) is 23.5. The zero-order valence-corrected chi connectivity index (χ0v) is 11.3. The highest BCUT2D eigenvalue weighted by atomic mass is 16.3. The van der Waals surface area contributed by atoms with Crippen molar-refractivity contribution in [3.8, 4) is 0 Å². The molecule has 2 amide bonds. The maximum atomic E-state index is 12.2. The molecule has 2 aliphatic rings. The molecule has 1 unspecified atom stereocenters. The number of carbonyl (C=O) groups is 2. The Hall–Kier alpha value is -1.14. The van der Waals surface area contributed by atoms with Crippen molar-refractivity contribution < 1.29 is 19.8 Å². The number of aliphatic hydroxyl groups excluding tert-OH is 2. The molecule has 3 N–H and O–H groups in total. The van der Waals surface area contributed by atoms with E-state index in [9.17, 15) is 19.8 Å². The minimum absolute atomic E-state index is 0.0763. The van der Waals surface area contributed by atoms with E-state index in [1.165, 1.54) is 0 Å². The number of aliphatic hydroxyl groups is 2. The highest BCUT2D eigenvalue weighted by molar-refractivity contribution is 5.90. The fourth-order valence-electron chi connectivity index (χ4n) is 2.38. The van der Waals surface area contributed by atoms with Gasteiger partial charge in [0.05, 0.1) is 18.8 Å². The monoisotopic (exact) mass is 270 g/mol. The van der Waals surface area contributed by atoms with Gasteiger partial charge in [-0.25, -0.2) is 0 Å². The predicted molar refractivity (Wildman–Crippen MR) is 68.2 cm³/mol. The molecule has 0 radical (unpaired) electrons. The number of rotatable bonds is 5. The summed E-state index contributed by atoms with van der Waals surface area (Å²) < 4.78 is 0. The Balaban J connectivity index is 1.99. The summed E-state index contributed by atoms with van der Waals surface area (Å²) in [7, 11) is 0. The molecule has 0 spiro atoms. The predicted octanol–water partition coefficient (Wildman–Crippen LogP) is -0.753. The largest absolute Gasteiger partial charge is 0.394 e. The Labute approximate surface area is 112 Å². The van der Waals surface area contributed by atoms with Crippen LogP contribution in [0, 0.1) is 5.92 Å². The molecule has 2 rings (SSSR count). The molecule has 0 aromatic carbocycles. The van der Waals surface area contributed by atoms with Crippen molar-refractivity contribution in [2.45, 2.75) is 44.2 Å². The van der Waals surface area contributed by atoms with Crippen LogP contribution in [0.3, 0.4) is 0 Å². The fraction of sp³-hybridized carbons (Fsp3) is 0.846. The summed E-state index contributed by atoms with van der Waals surface area (Å²) in [6.45, 7) is 1.53. The van der Waals surface area contributed by atoms with Gasteiger partial charge >= 0.3 is 0 Å². The lowest BCUT2D eigenvalue weighted by molar-refractivity contribution is -0.140. The first kappa shape index (κ1) is 14.3. The van der Waals surface area contributed by atoms with E-state index >= 15 is 0 Å². The molecule has 108 valence electrons. The Bertz CT molecular complexity index is 364. The number of nitrogens with zero attached hydrogens (tertiary/aromatic N) is 1. The quantitative estimate of drug-likeness (QED) is 0.613. The van der Waals surface area contributed by atoms with Crippen molar-refractivity contribution in [2.75, 3.05) is 19.8 Å². The third-order valence-corrected chi connectivity index (χ3v) is 3.89. The minimum Gasteiger partial charge on any atom is -0.394 e. The molecule has 1 atom stereocenters. The first-order valence-electron chi connectivity index (χ1n) is 6.85. The zero-order chi connectivity index (χ0) is 14.0. The van der Waals surface area contributed by atoms with Crippen LogP contribution in [0.15, 0.2) is 0 Å². The molecule has 2 fully saturated rings. The highest BCUT2D eigenvalue weighted by Crippen LogP contribution is 2.33. The highest BCUT2D eigenvalue weighted by Gasteiger charge is 2.42. The number of nitrogens with one attached hydrogen (secondary N) is 1. The average Bonchev–Trinajstić information content (AvgIpc) is 3.14. The van der Waals surface area contributed by atoms with Gasteiger partial charge in [-0.05, 0) is 32.6 Å². The van der Waals surface area contributed by atoms with Crippen LogP contribution in [0.5, 0.6) is 0 Å². The van der Waals surface area contributed by atoms with Crippen LogP contribution in [0.2, 0.25) is 0 Å². The van der Waals surface area contributed by atoms with Crippen molar-refractivity contribution in [3.05, 3.63) is 0 Å². The molecule has 1 saturated heterocycles. The topological polar surface area (TPSA) is 89.9 Å². The van der Waals surface area contributed by atoms with Crippen LogP contribution >= 0.6 is 0 Å². The van der Waals surface area contributed by atoms with Gasteiger partial charge < -0.3 is 20.4 Å². The van der Waals surface area contributed by atoms with E-state index in [1.807, 2.05) is 0 Å². The van der Waals surface area contributed by atoms with Crippen molar-refractivity contribution in [3.63, 3.8) is 0 Å². The molecule has 0 bridgehead atoms. The first-order valence-corrected chi connectivity index (χ1v) is 6.85. The van der Waals surface area contributed by atoms with Gasteiger partial charge in [-0.3, -0.25) is 9.59 Å². The molecule has 1 aliphatic heterocycles. The molecule has 0 aromatic rings. The summed E-state index contributed by atoms with van der Waals surface area (Å²) in [5.41, 5.74) is -1.03. The van der Waals surface area contributed by atoms with Crippen molar-refractivity contribution in [1.29, 1.82) is 0 Å². The Morgan fingerprint density at radius 2 is 1.89 bits per heavy atom. The Morgan fingerprint density at radius 3 is 2.42 bits per heavy atom. The van der Waals surface area contributed by atoms with Crippen LogP contribution in [-0.2, 0) is 9.59 Å². The number of hydrogen-bond donors (Lipinski definition) is 3. The summed E-state index contributed by atoms with van der Waals surface area (Å²) in [4.78, 5) is 25.9. The average molecular weight is 270 g/mol. The first-order chi connectivity index (χ1) is 9.00. The molecule has 6 nitrogen and oxygen atoms in total. The summed E-state index contributed by atoms with van der Waals surface area (Å²) in [5.74, 6) is -0.0973. The van der Waals surface area contributed by atoms with E-state index < -0.39 is 11.6 Å². The van der Waals surface area contributed by atoms with E-state index in [4.69, 9.17) is 0 Å². The van der Waals surface area contributed by atoms with E-state index in [0.717, 1.165) is 19.3 Å². The Morgan fingerprint density at radius 1 is 1.26 bits per heavy atom. The third kappa shape index (κ3) is 3.06. The molecule has 1 aliphatic carbocycles. The second-order valence-corrected chi connectivity index (χ2v) is 5.83. The van der Waals surface area contributed by atoms with Crippen molar-refractivity contribution in [2.24, 2.45) is 5.92 Å². The number of likely N-dealkylation sites (tertiary alicyclic amines) is 1. The third-order valence-electron chi connectivity index (χ3n) is 3.89. The second kappa shape index (κ2) is 5.46. The molecule has 19 heavy (non-hydrogen) atoms. The van der Waals surface area contributed by atoms with E-state index in [0.29, 0.717) is 13.0 Å². The molecular weight excluding hydrogens is 248 g/mol. The van der Waals surface area contributed by atoms with Gasteiger partial charge in [0.2, 0.25) is 11.8 Å². The molecule has 6 heteroatoms. The molecule has 1 saturated carbocycles. The molecule has 1 heterocycles. The van der Waals surface area contributed by atoms with E-state index in [-0.39, 0.29) is 30.9 Å². The van der Waals surface area contributed by atoms with Crippen LogP contribution < -0.4 is 5.32 Å². The van der Waals surface area contributed by atoms with Gasteiger partial charge in [0.15, 0.2) is 0 Å². The van der Waals surface area contributed by atoms with Gasteiger partial charge in [-0.15, -0.1) is 0 Å². The lowest BCUT2D eigenvalue weighted by Gasteiger charge is -2.30. The maximum absolute atomic E-state index is 12.2. The van der Waals surface area contributed by atoms with Gasteiger partial charge in [-0.2, -0.15) is 0 Å². The maximum Gasteiger partial charge on any atom is 0.243 e. The van der Waals surface area contributed by atoms with Crippen molar-refractivity contribution >= 4 is 11.8 Å². The summed E-state index contributed by atoms with van der Waals surface area (Å²) in [6, 6.07) is -0.453. The van der Waals surface area contributed by atoms with Gasteiger partial charge in [0.1, 0.15) is 6.04 Å². The molecular formula is C13H22N2O4. The summed E-state index contributed by atoms with van der Waals surface area (Å²) >= 11 is 0. The Kier molecular flexibility index (Phi) is 4.10. The number of hydrogen-bond acceptors (Lipinski definition) is 4.